The second-order valence-electron chi connectivity index (χ2n) is 10.4. The fourth-order valence-corrected chi connectivity index (χ4v) is 7.20. The lowest BCUT2D eigenvalue weighted by molar-refractivity contribution is -0.130. The molecule has 1 N–H and O–H groups in total. The molecule has 4 aliphatic rings. The average molecular weight is 395 g/mol. The first-order chi connectivity index (χ1) is 13.8. The molecule has 0 aliphatic heterocycles. The third-order valence-corrected chi connectivity index (χ3v) is 8.93. The maximum Gasteiger partial charge on any atom is 0.165 e. The van der Waals surface area contributed by atoms with E-state index in [1.54, 1.807) is 12.1 Å². The number of carbonyl (C=O) groups is 1. The van der Waals surface area contributed by atoms with Gasteiger partial charge in [-0.15, -0.1) is 0 Å². The molecule has 0 heterocycles. The van der Waals surface area contributed by atoms with Crippen LogP contribution in [0.2, 0.25) is 0 Å². The normalized spacial score (nSPS) is 42.8. The highest BCUT2D eigenvalue weighted by molar-refractivity contribution is 6.05. The lowest BCUT2D eigenvalue weighted by Crippen LogP contribution is -2.50. The van der Waals surface area contributed by atoms with Crippen molar-refractivity contribution < 1.29 is 14.3 Å². The van der Waals surface area contributed by atoms with Crippen molar-refractivity contribution in [2.75, 3.05) is 0 Å². The molecule has 154 valence electrons. The zero-order valence-corrected chi connectivity index (χ0v) is 17.5. The van der Waals surface area contributed by atoms with Crippen molar-refractivity contribution >= 4 is 11.9 Å². The summed E-state index contributed by atoms with van der Waals surface area (Å²) in [7, 11) is 0. The monoisotopic (exact) mass is 394 g/mol. The molecule has 3 fully saturated rings. The Bertz CT molecular complexity index is 898. The lowest BCUT2D eigenvalue weighted by atomic mass is 9.48. The van der Waals surface area contributed by atoms with Crippen LogP contribution in [-0.2, 0) is 4.79 Å². The first-order valence-corrected chi connectivity index (χ1v) is 11.2. The quantitative estimate of drug-likeness (QED) is 0.489. The molecule has 0 spiro atoms. The summed E-state index contributed by atoms with van der Waals surface area (Å²) >= 11 is 0. The number of Topliss-reactive ketones (excluding diaryl/α,β-unsaturated/α-hetero) is 1. The minimum atomic E-state index is -0.261. The van der Waals surface area contributed by atoms with Gasteiger partial charge in [-0.1, -0.05) is 37.6 Å². The Morgan fingerprint density at radius 2 is 1.76 bits per heavy atom. The molecule has 0 radical (unpaired) electrons. The highest BCUT2D eigenvalue weighted by Gasteiger charge is 2.59. The highest BCUT2D eigenvalue weighted by atomic mass is 19.1. The largest absolute Gasteiger partial charge is 0.393 e. The number of aliphatic hydroxyl groups is 1. The summed E-state index contributed by atoms with van der Waals surface area (Å²) in [6.45, 7) is 4.60. The number of hydrogen-bond donors (Lipinski definition) is 1. The third-order valence-electron chi connectivity index (χ3n) is 8.93. The van der Waals surface area contributed by atoms with E-state index in [0.29, 0.717) is 23.5 Å². The highest BCUT2D eigenvalue weighted by Crippen LogP contribution is 2.64. The van der Waals surface area contributed by atoms with Crippen LogP contribution in [-0.4, -0.2) is 17.0 Å². The van der Waals surface area contributed by atoms with E-state index >= 15 is 0 Å². The van der Waals surface area contributed by atoms with E-state index in [9.17, 15) is 14.3 Å². The molecule has 4 aliphatic carbocycles. The molecule has 0 unspecified atom stereocenters. The molecule has 29 heavy (non-hydrogen) atoms. The second-order valence-corrected chi connectivity index (χ2v) is 10.4. The summed E-state index contributed by atoms with van der Waals surface area (Å²) in [6.07, 6.45) is 11.0. The molecule has 0 bridgehead atoms. The molecule has 3 heteroatoms. The van der Waals surface area contributed by atoms with Gasteiger partial charge < -0.3 is 5.11 Å². The van der Waals surface area contributed by atoms with Crippen LogP contribution in [0.5, 0.6) is 0 Å². The van der Waals surface area contributed by atoms with Crippen molar-refractivity contribution in [3.05, 3.63) is 52.9 Å². The van der Waals surface area contributed by atoms with Crippen molar-refractivity contribution in [2.24, 2.45) is 28.6 Å². The maximum atomic E-state index is 13.4. The summed E-state index contributed by atoms with van der Waals surface area (Å²) in [5.74, 6) is 1.61. The number of allylic oxidation sites excluding steroid dienone is 2. The fourth-order valence-electron chi connectivity index (χ4n) is 7.20. The van der Waals surface area contributed by atoms with E-state index in [1.165, 1.54) is 17.7 Å². The lowest BCUT2D eigenvalue weighted by Gasteiger charge is -2.56. The van der Waals surface area contributed by atoms with Crippen LogP contribution in [0.3, 0.4) is 0 Å². The third kappa shape index (κ3) is 2.88. The van der Waals surface area contributed by atoms with Crippen molar-refractivity contribution in [2.45, 2.75) is 64.9 Å². The van der Waals surface area contributed by atoms with E-state index < -0.39 is 0 Å². The van der Waals surface area contributed by atoms with Crippen LogP contribution in [0, 0.1) is 34.4 Å². The van der Waals surface area contributed by atoms with E-state index in [2.05, 4.69) is 19.9 Å². The van der Waals surface area contributed by atoms with Gasteiger partial charge in [0.25, 0.3) is 0 Å². The average Bonchev–Trinajstić information content (AvgIpc) is 2.95. The van der Waals surface area contributed by atoms with Crippen molar-refractivity contribution in [3.63, 3.8) is 0 Å². The zero-order valence-electron chi connectivity index (χ0n) is 17.5. The van der Waals surface area contributed by atoms with Crippen molar-refractivity contribution in [3.8, 4) is 0 Å². The Morgan fingerprint density at radius 3 is 2.52 bits per heavy atom. The number of ketones is 1. The van der Waals surface area contributed by atoms with Gasteiger partial charge in [0.2, 0.25) is 0 Å². The molecule has 0 amide bonds. The number of benzene rings is 1. The summed E-state index contributed by atoms with van der Waals surface area (Å²) < 4.78 is 13.3. The van der Waals surface area contributed by atoms with Crippen molar-refractivity contribution in [1.82, 2.24) is 0 Å². The van der Waals surface area contributed by atoms with Crippen LogP contribution < -0.4 is 0 Å². The van der Waals surface area contributed by atoms with Gasteiger partial charge in [-0.2, -0.15) is 0 Å². The molecule has 1 aromatic rings. The summed E-state index contributed by atoms with van der Waals surface area (Å²) in [5.41, 5.74) is 3.22. The Hall–Kier alpha value is -1.74. The van der Waals surface area contributed by atoms with Gasteiger partial charge in [-0.05, 0) is 97.5 Å². The van der Waals surface area contributed by atoms with Crippen LogP contribution in [0.15, 0.2) is 41.5 Å². The number of carbonyl (C=O) groups excluding carboxylic acids is 1. The number of hydrogen-bond acceptors (Lipinski definition) is 2. The molecular weight excluding hydrogens is 363 g/mol. The van der Waals surface area contributed by atoms with Gasteiger partial charge in [0, 0.05) is 5.41 Å². The Morgan fingerprint density at radius 1 is 1.03 bits per heavy atom. The number of fused-ring (bicyclic) bond motifs is 5. The number of rotatable bonds is 1. The first-order valence-electron chi connectivity index (χ1n) is 11.2. The zero-order chi connectivity index (χ0) is 20.4. The number of aliphatic hydroxyl groups excluding tert-OH is 1. The Labute approximate surface area is 172 Å². The van der Waals surface area contributed by atoms with E-state index in [4.69, 9.17) is 0 Å². The molecule has 5 rings (SSSR count). The molecule has 3 saturated carbocycles. The predicted octanol–water partition coefficient (Wildman–Crippen LogP) is 5.71. The molecule has 1 aromatic carbocycles. The van der Waals surface area contributed by atoms with Gasteiger partial charge in [0.1, 0.15) is 5.82 Å². The van der Waals surface area contributed by atoms with E-state index in [0.717, 1.165) is 56.1 Å². The minimum Gasteiger partial charge on any atom is -0.393 e. The SMILES string of the molecule is C[C@@]12CC[C@H]3[C@@H](CC=C4C[C@H](O)CC[C@@]43C)[C@H]1C/C(=C\c1ccc(F)cc1)C2=O. The van der Waals surface area contributed by atoms with E-state index in [1.807, 2.05) is 6.08 Å². The van der Waals surface area contributed by atoms with E-state index in [-0.39, 0.29) is 22.8 Å². The minimum absolute atomic E-state index is 0.182. The van der Waals surface area contributed by atoms with Crippen LogP contribution in [0.4, 0.5) is 4.39 Å². The summed E-state index contributed by atoms with van der Waals surface area (Å²) in [5, 5.41) is 10.2. The van der Waals surface area contributed by atoms with Gasteiger partial charge in [-0.25, -0.2) is 4.39 Å². The second kappa shape index (κ2) is 6.63. The molecule has 0 aromatic heterocycles. The predicted molar refractivity (Wildman–Crippen MR) is 112 cm³/mol. The Balaban J connectivity index is 1.47. The standard InChI is InChI=1S/C26H31FO2/c1-25-11-9-20(28)15-18(25)5-8-21-22(25)10-12-26(2)23(21)14-17(24(26)29)13-16-3-6-19(27)7-4-16/h3-7,13,20-23,28H,8-12,14-15H2,1-2H3/b17-13+/t20-,21-,22+,23-,25+,26-/m1/s1. The molecule has 6 atom stereocenters. The first kappa shape index (κ1) is 19.2. The van der Waals surface area contributed by atoms with Crippen LogP contribution in [0.25, 0.3) is 6.08 Å². The summed E-state index contributed by atoms with van der Waals surface area (Å²) in [6, 6.07) is 6.43. The van der Waals surface area contributed by atoms with Gasteiger partial charge in [-0.3, -0.25) is 4.79 Å². The molecular formula is C26H31FO2. The molecule has 0 saturated heterocycles. The fraction of sp³-hybridized carbons (Fsp3) is 0.577. The van der Waals surface area contributed by atoms with Gasteiger partial charge in [0.05, 0.1) is 6.10 Å². The number of halogens is 1. The molecule has 2 nitrogen and oxygen atoms in total. The smallest absolute Gasteiger partial charge is 0.165 e. The van der Waals surface area contributed by atoms with Gasteiger partial charge in [0.15, 0.2) is 5.78 Å². The topological polar surface area (TPSA) is 37.3 Å². The van der Waals surface area contributed by atoms with Crippen LogP contribution in [0.1, 0.15) is 64.4 Å². The Kier molecular flexibility index (Phi) is 4.40. The summed E-state index contributed by atoms with van der Waals surface area (Å²) in [4.78, 5) is 13.4. The van der Waals surface area contributed by atoms with Crippen molar-refractivity contribution in [1.29, 1.82) is 0 Å². The van der Waals surface area contributed by atoms with Crippen LogP contribution >= 0.6 is 0 Å². The maximum absolute atomic E-state index is 13.4. The van der Waals surface area contributed by atoms with Gasteiger partial charge >= 0.3 is 0 Å².